The Balaban J connectivity index is 1.58. The monoisotopic (exact) mass is 423 g/mol. The number of carbonyl (C=O) groups excluding carboxylic acids is 1. The summed E-state index contributed by atoms with van der Waals surface area (Å²) >= 11 is 0. The quantitative estimate of drug-likeness (QED) is 0.662. The third-order valence-electron chi connectivity index (χ3n) is 5.69. The van der Waals surface area contributed by atoms with E-state index in [1.807, 2.05) is 23.1 Å². The molecule has 7 nitrogen and oxygen atoms in total. The van der Waals surface area contributed by atoms with Gasteiger partial charge >= 0.3 is 0 Å². The van der Waals surface area contributed by atoms with Crippen LogP contribution in [0.15, 0.2) is 24.3 Å². The summed E-state index contributed by atoms with van der Waals surface area (Å²) in [5.74, 6) is 1.52. The smallest absolute Gasteiger partial charge is 0.237 e. The summed E-state index contributed by atoms with van der Waals surface area (Å²) in [6, 6.07) is 7.82. The number of sulfone groups is 1. The van der Waals surface area contributed by atoms with Crippen LogP contribution in [0.25, 0.3) is 0 Å². The van der Waals surface area contributed by atoms with E-state index in [2.05, 4.69) is 29.7 Å². The molecule has 1 aromatic rings. The Morgan fingerprint density at radius 1 is 1.21 bits per heavy atom. The van der Waals surface area contributed by atoms with Crippen LogP contribution in [0.3, 0.4) is 0 Å². The summed E-state index contributed by atoms with van der Waals surface area (Å²) < 4.78 is 29.3. The topological polar surface area (TPSA) is 70.2 Å². The molecule has 1 aromatic carbocycles. The molecule has 162 valence electrons. The number of rotatable bonds is 7. The molecule has 2 aliphatic heterocycles. The molecule has 0 bridgehead atoms. The van der Waals surface area contributed by atoms with Crippen molar-refractivity contribution in [2.75, 3.05) is 62.8 Å². The van der Waals surface area contributed by atoms with Crippen molar-refractivity contribution in [2.24, 2.45) is 5.92 Å². The first-order valence-corrected chi connectivity index (χ1v) is 12.2. The highest BCUT2D eigenvalue weighted by atomic mass is 32.2. The maximum Gasteiger partial charge on any atom is 0.237 e. The van der Waals surface area contributed by atoms with Crippen LogP contribution in [0, 0.1) is 5.92 Å². The van der Waals surface area contributed by atoms with Gasteiger partial charge in [-0.25, -0.2) is 8.42 Å². The highest BCUT2D eigenvalue weighted by molar-refractivity contribution is 7.91. The minimum absolute atomic E-state index is 0.0477. The molecule has 0 aromatic heterocycles. The van der Waals surface area contributed by atoms with Crippen LogP contribution in [-0.2, 0) is 14.6 Å². The van der Waals surface area contributed by atoms with Crippen molar-refractivity contribution < 1.29 is 17.9 Å². The van der Waals surface area contributed by atoms with E-state index in [9.17, 15) is 13.2 Å². The van der Waals surface area contributed by atoms with Gasteiger partial charge in [-0.1, -0.05) is 26.0 Å². The van der Waals surface area contributed by atoms with E-state index < -0.39 is 9.84 Å². The minimum atomic E-state index is -3.01. The predicted molar refractivity (Wildman–Crippen MR) is 115 cm³/mol. The van der Waals surface area contributed by atoms with Crippen LogP contribution in [-0.4, -0.2) is 88.1 Å². The second kappa shape index (κ2) is 9.34. The van der Waals surface area contributed by atoms with Crippen molar-refractivity contribution in [3.05, 3.63) is 24.3 Å². The van der Waals surface area contributed by atoms with E-state index in [0.29, 0.717) is 25.4 Å². The molecule has 0 radical (unpaired) electrons. The van der Waals surface area contributed by atoms with Crippen molar-refractivity contribution >= 4 is 21.4 Å². The molecule has 0 spiro atoms. The van der Waals surface area contributed by atoms with Gasteiger partial charge in [-0.15, -0.1) is 0 Å². The Morgan fingerprint density at radius 2 is 1.90 bits per heavy atom. The van der Waals surface area contributed by atoms with Crippen molar-refractivity contribution in [3.8, 4) is 5.75 Å². The molecule has 2 fully saturated rings. The number of hydrogen-bond acceptors (Lipinski definition) is 6. The highest BCUT2D eigenvalue weighted by Crippen LogP contribution is 2.28. The van der Waals surface area contributed by atoms with E-state index in [1.54, 1.807) is 7.11 Å². The van der Waals surface area contributed by atoms with Crippen LogP contribution in [0.4, 0.5) is 5.69 Å². The number of amides is 1. The first-order valence-electron chi connectivity index (χ1n) is 10.4. The molecule has 0 unspecified atom stereocenters. The second-order valence-electron chi connectivity index (χ2n) is 8.43. The summed E-state index contributed by atoms with van der Waals surface area (Å²) in [6.45, 7) is 8.34. The van der Waals surface area contributed by atoms with Crippen LogP contribution >= 0.6 is 0 Å². The molecule has 0 aliphatic carbocycles. The zero-order chi connectivity index (χ0) is 21.0. The lowest BCUT2D eigenvalue weighted by Gasteiger charge is -2.38. The van der Waals surface area contributed by atoms with Crippen molar-refractivity contribution in [2.45, 2.75) is 26.3 Å². The lowest BCUT2D eigenvalue weighted by atomic mass is 10.1. The van der Waals surface area contributed by atoms with Gasteiger partial charge in [0.05, 0.1) is 30.8 Å². The number of nitrogens with zero attached hydrogens (tertiary/aromatic N) is 3. The lowest BCUT2D eigenvalue weighted by Crippen LogP contribution is -2.52. The maximum atomic E-state index is 13.1. The average Bonchev–Trinajstić information content (AvgIpc) is 3.06. The molecular weight excluding hydrogens is 390 g/mol. The molecule has 8 heteroatoms. The molecule has 0 saturated carbocycles. The van der Waals surface area contributed by atoms with Gasteiger partial charge in [-0.3, -0.25) is 9.69 Å². The van der Waals surface area contributed by atoms with Crippen molar-refractivity contribution in [1.29, 1.82) is 0 Å². The normalized spacial score (nSPS) is 22.1. The predicted octanol–water partition coefficient (Wildman–Crippen LogP) is 1.49. The van der Waals surface area contributed by atoms with Gasteiger partial charge in [0.1, 0.15) is 5.75 Å². The first-order chi connectivity index (χ1) is 13.8. The van der Waals surface area contributed by atoms with E-state index in [4.69, 9.17) is 4.74 Å². The maximum absolute atomic E-state index is 13.1. The molecule has 1 amide bonds. The SMILES string of the molecule is COc1ccccc1N1CCN(CC(=O)N(CC(C)C)[C@@H]2CCS(=O)(=O)C2)CC1. The largest absolute Gasteiger partial charge is 0.495 e. The van der Waals surface area contributed by atoms with Crippen LogP contribution in [0.1, 0.15) is 20.3 Å². The Bertz CT molecular complexity index is 804. The molecule has 3 rings (SSSR count). The summed E-state index contributed by atoms with van der Waals surface area (Å²) in [5.41, 5.74) is 1.08. The van der Waals surface area contributed by atoms with Crippen LogP contribution < -0.4 is 9.64 Å². The second-order valence-corrected chi connectivity index (χ2v) is 10.7. The number of ether oxygens (including phenoxy) is 1. The van der Waals surface area contributed by atoms with Crippen LogP contribution in [0.5, 0.6) is 5.75 Å². The Kier molecular flexibility index (Phi) is 7.05. The van der Waals surface area contributed by atoms with E-state index in [-0.39, 0.29) is 23.5 Å². The number of carbonyl (C=O) groups is 1. The number of benzene rings is 1. The molecule has 2 aliphatic rings. The van der Waals surface area contributed by atoms with Crippen LogP contribution in [0.2, 0.25) is 0 Å². The van der Waals surface area contributed by atoms with Gasteiger partial charge in [-0.05, 0) is 24.5 Å². The van der Waals surface area contributed by atoms with E-state index in [1.165, 1.54) is 0 Å². The third kappa shape index (κ3) is 5.63. The summed E-state index contributed by atoms with van der Waals surface area (Å²) in [4.78, 5) is 19.3. The number of para-hydroxylation sites is 2. The fourth-order valence-electron chi connectivity index (χ4n) is 4.19. The highest BCUT2D eigenvalue weighted by Gasteiger charge is 2.35. The van der Waals surface area contributed by atoms with Gasteiger partial charge in [0.25, 0.3) is 0 Å². The van der Waals surface area contributed by atoms with Crippen molar-refractivity contribution in [3.63, 3.8) is 0 Å². The van der Waals surface area contributed by atoms with Gasteiger partial charge in [0.15, 0.2) is 9.84 Å². The first kappa shape index (κ1) is 21.9. The average molecular weight is 424 g/mol. The Morgan fingerprint density at radius 3 is 2.48 bits per heavy atom. The fraction of sp³-hybridized carbons (Fsp3) is 0.667. The summed E-state index contributed by atoms with van der Waals surface area (Å²) in [5, 5.41) is 0. The van der Waals surface area contributed by atoms with Gasteiger partial charge < -0.3 is 14.5 Å². The number of hydrogen-bond donors (Lipinski definition) is 0. The zero-order valence-corrected chi connectivity index (χ0v) is 18.5. The minimum Gasteiger partial charge on any atom is -0.495 e. The van der Waals surface area contributed by atoms with E-state index >= 15 is 0 Å². The fourth-order valence-corrected chi connectivity index (χ4v) is 5.92. The Hall–Kier alpha value is -1.80. The zero-order valence-electron chi connectivity index (χ0n) is 17.7. The van der Waals surface area contributed by atoms with Gasteiger partial charge in [-0.2, -0.15) is 0 Å². The van der Waals surface area contributed by atoms with Gasteiger partial charge in [0.2, 0.25) is 5.91 Å². The summed E-state index contributed by atoms with van der Waals surface area (Å²) in [6.07, 6.45) is 0.558. The number of piperazine rings is 1. The Labute approximate surface area is 174 Å². The molecular formula is C21H33N3O4S. The number of anilines is 1. The number of methoxy groups -OCH3 is 1. The molecule has 2 saturated heterocycles. The standard InChI is InChI=1S/C21H33N3O4S/c1-17(2)14-24(18-8-13-29(26,27)16-18)21(25)15-22-9-11-23(12-10-22)19-6-4-5-7-20(19)28-3/h4-7,17-18H,8-16H2,1-3H3/t18-/m1/s1. The van der Waals surface area contributed by atoms with E-state index in [0.717, 1.165) is 37.6 Å². The molecule has 29 heavy (non-hydrogen) atoms. The molecule has 1 atom stereocenters. The third-order valence-corrected chi connectivity index (χ3v) is 7.44. The lowest BCUT2D eigenvalue weighted by molar-refractivity contribution is -0.135. The molecule has 2 heterocycles. The van der Waals surface area contributed by atoms with Gasteiger partial charge in [0, 0.05) is 38.8 Å². The van der Waals surface area contributed by atoms with Crippen molar-refractivity contribution in [1.82, 2.24) is 9.80 Å². The molecule has 0 N–H and O–H groups in total. The summed E-state index contributed by atoms with van der Waals surface area (Å²) in [7, 11) is -1.33.